The van der Waals surface area contributed by atoms with Crippen molar-refractivity contribution < 1.29 is 9.60 Å². The molecular formula is C19H21Cl2FN6O. The molecule has 7 nitrogen and oxygen atoms in total. The minimum Gasteiger partial charge on any atom is -0.409 e. The molecule has 0 bridgehead atoms. The van der Waals surface area contributed by atoms with Crippen LogP contribution in [0.15, 0.2) is 29.6 Å². The van der Waals surface area contributed by atoms with E-state index in [1.54, 1.807) is 0 Å². The molecule has 29 heavy (non-hydrogen) atoms. The van der Waals surface area contributed by atoms with E-state index < -0.39 is 5.82 Å². The lowest BCUT2D eigenvalue weighted by molar-refractivity contribution is 0.318. The van der Waals surface area contributed by atoms with Crippen LogP contribution < -0.4 is 11.1 Å². The smallest absolute Gasteiger partial charge is 0.175 e. The second-order valence-electron chi connectivity index (χ2n) is 7.76. The van der Waals surface area contributed by atoms with E-state index in [-0.39, 0.29) is 27.5 Å². The third-order valence-electron chi connectivity index (χ3n) is 4.84. The number of anilines is 1. The van der Waals surface area contributed by atoms with Crippen LogP contribution in [-0.4, -0.2) is 31.7 Å². The summed E-state index contributed by atoms with van der Waals surface area (Å²) in [4.78, 5) is 4.38. The van der Waals surface area contributed by atoms with E-state index >= 15 is 0 Å². The van der Waals surface area contributed by atoms with Crippen molar-refractivity contribution in [2.24, 2.45) is 16.3 Å². The van der Waals surface area contributed by atoms with Crippen molar-refractivity contribution in [3.05, 3.63) is 46.0 Å². The molecule has 0 radical (unpaired) electrons. The summed E-state index contributed by atoms with van der Waals surface area (Å²) in [5, 5.41) is 20.1. The van der Waals surface area contributed by atoms with Crippen LogP contribution in [0.1, 0.15) is 33.3 Å². The SMILES string of the molecule is C[C@@H](Nc1c(-c2ccc(F)cc2Cl)c(Cl)nc2c(/C(N)=N/O)cnn12)C(C)(C)C. The molecule has 10 heteroatoms. The first kappa shape index (κ1) is 21.1. The molecule has 3 aromatic rings. The molecule has 0 spiro atoms. The second kappa shape index (κ2) is 7.68. The van der Waals surface area contributed by atoms with Gasteiger partial charge in [0, 0.05) is 11.6 Å². The molecule has 2 heterocycles. The number of amidine groups is 1. The average Bonchev–Trinajstić information content (AvgIpc) is 3.05. The molecule has 154 valence electrons. The van der Waals surface area contributed by atoms with E-state index in [9.17, 15) is 4.39 Å². The van der Waals surface area contributed by atoms with Gasteiger partial charge in [-0.25, -0.2) is 9.37 Å². The molecule has 0 saturated heterocycles. The Labute approximate surface area is 177 Å². The lowest BCUT2D eigenvalue weighted by Crippen LogP contribution is -2.32. The molecule has 0 aliphatic heterocycles. The Kier molecular flexibility index (Phi) is 5.60. The summed E-state index contributed by atoms with van der Waals surface area (Å²) in [6.07, 6.45) is 1.43. The summed E-state index contributed by atoms with van der Waals surface area (Å²) in [6, 6.07) is 4.02. The summed E-state index contributed by atoms with van der Waals surface area (Å²) >= 11 is 12.8. The van der Waals surface area contributed by atoms with Gasteiger partial charge in [0.1, 0.15) is 16.8 Å². The largest absolute Gasteiger partial charge is 0.409 e. The minimum atomic E-state index is -0.463. The van der Waals surface area contributed by atoms with Crippen molar-refractivity contribution in [3.63, 3.8) is 0 Å². The van der Waals surface area contributed by atoms with Crippen LogP contribution in [0.3, 0.4) is 0 Å². The van der Waals surface area contributed by atoms with Gasteiger partial charge in [0.25, 0.3) is 0 Å². The van der Waals surface area contributed by atoms with Crippen molar-refractivity contribution in [3.8, 4) is 11.1 Å². The van der Waals surface area contributed by atoms with Gasteiger partial charge in [0.15, 0.2) is 11.5 Å². The van der Waals surface area contributed by atoms with Crippen LogP contribution in [0.2, 0.25) is 10.2 Å². The Hall–Kier alpha value is -2.58. The molecule has 0 fully saturated rings. The topological polar surface area (TPSA) is 101 Å². The monoisotopic (exact) mass is 438 g/mol. The van der Waals surface area contributed by atoms with Crippen LogP contribution in [0.4, 0.5) is 10.2 Å². The number of rotatable bonds is 4. The molecule has 0 aliphatic carbocycles. The highest BCUT2D eigenvalue weighted by atomic mass is 35.5. The van der Waals surface area contributed by atoms with Crippen LogP contribution in [0.5, 0.6) is 0 Å². The van der Waals surface area contributed by atoms with Gasteiger partial charge in [0.2, 0.25) is 0 Å². The summed E-state index contributed by atoms with van der Waals surface area (Å²) in [6.45, 7) is 8.27. The van der Waals surface area contributed by atoms with E-state index in [0.717, 1.165) is 0 Å². The first-order chi connectivity index (χ1) is 13.5. The third kappa shape index (κ3) is 3.95. The number of halogens is 3. The summed E-state index contributed by atoms with van der Waals surface area (Å²) in [5.41, 5.74) is 7.23. The molecule has 1 aromatic carbocycles. The van der Waals surface area contributed by atoms with E-state index in [4.69, 9.17) is 34.1 Å². The highest BCUT2D eigenvalue weighted by molar-refractivity contribution is 6.36. The number of nitrogens with zero attached hydrogens (tertiary/aromatic N) is 4. The molecule has 0 saturated carbocycles. The Morgan fingerprint density at radius 2 is 2.03 bits per heavy atom. The summed E-state index contributed by atoms with van der Waals surface area (Å²) < 4.78 is 15.1. The van der Waals surface area contributed by atoms with Crippen molar-refractivity contribution in [2.45, 2.75) is 33.7 Å². The Morgan fingerprint density at radius 3 is 2.62 bits per heavy atom. The van der Waals surface area contributed by atoms with Gasteiger partial charge in [-0.05, 0) is 30.5 Å². The zero-order valence-corrected chi connectivity index (χ0v) is 17.8. The molecule has 0 aliphatic rings. The number of oxime groups is 1. The fourth-order valence-electron chi connectivity index (χ4n) is 2.69. The normalized spacial score (nSPS) is 13.7. The first-order valence-electron chi connectivity index (χ1n) is 8.81. The standard InChI is InChI=1S/C19H21Cl2FN6O/c1-9(19(2,3)4)25-18-14(11-6-5-10(22)7-13(11)20)15(21)26-17-12(16(23)27-29)8-24-28(17)18/h5-9,25,29H,1-4H3,(H2,23,27)/t9-/m1/s1. The van der Waals surface area contributed by atoms with E-state index in [0.29, 0.717) is 28.2 Å². The quantitative estimate of drug-likeness (QED) is 0.179. The Bertz CT molecular complexity index is 1110. The van der Waals surface area contributed by atoms with Gasteiger partial charge in [-0.15, -0.1) is 0 Å². The van der Waals surface area contributed by atoms with Crippen LogP contribution in [0, 0.1) is 11.2 Å². The maximum Gasteiger partial charge on any atom is 0.175 e. The second-order valence-corrected chi connectivity index (χ2v) is 8.53. The number of nitrogens with two attached hydrogens (primary N) is 1. The van der Waals surface area contributed by atoms with Crippen molar-refractivity contribution in [1.82, 2.24) is 14.6 Å². The third-order valence-corrected chi connectivity index (χ3v) is 5.43. The fraction of sp³-hybridized carbons (Fsp3) is 0.316. The number of hydrogen-bond acceptors (Lipinski definition) is 5. The van der Waals surface area contributed by atoms with Gasteiger partial charge >= 0.3 is 0 Å². The van der Waals surface area contributed by atoms with Crippen molar-refractivity contribution >= 4 is 40.5 Å². The highest BCUT2D eigenvalue weighted by Crippen LogP contribution is 2.40. The van der Waals surface area contributed by atoms with Gasteiger partial charge in [0.05, 0.1) is 22.3 Å². The number of aromatic nitrogens is 3. The maximum atomic E-state index is 13.6. The lowest BCUT2D eigenvalue weighted by atomic mass is 9.88. The van der Waals surface area contributed by atoms with E-state index in [1.807, 2.05) is 6.92 Å². The van der Waals surface area contributed by atoms with Gasteiger partial charge in [-0.3, -0.25) is 0 Å². The molecule has 1 atom stereocenters. The molecule has 0 unspecified atom stereocenters. The first-order valence-corrected chi connectivity index (χ1v) is 9.57. The molecular weight excluding hydrogens is 418 g/mol. The van der Waals surface area contributed by atoms with E-state index in [1.165, 1.54) is 28.9 Å². The molecule has 3 rings (SSSR count). The number of fused-ring (bicyclic) bond motifs is 1. The predicted octanol–water partition coefficient (Wildman–Crippen LogP) is 4.78. The summed E-state index contributed by atoms with van der Waals surface area (Å²) in [7, 11) is 0. The zero-order valence-electron chi connectivity index (χ0n) is 16.3. The summed E-state index contributed by atoms with van der Waals surface area (Å²) in [5.74, 6) is -0.103. The average molecular weight is 439 g/mol. The Balaban J connectivity index is 2.35. The molecule has 2 aromatic heterocycles. The highest BCUT2D eigenvalue weighted by Gasteiger charge is 2.26. The van der Waals surface area contributed by atoms with Crippen LogP contribution in [0.25, 0.3) is 16.8 Å². The van der Waals surface area contributed by atoms with Crippen molar-refractivity contribution in [1.29, 1.82) is 0 Å². The predicted molar refractivity (Wildman–Crippen MR) is 113 cm³/mol. The molecule has 0 amide bonds. The van der Waals surface area contributed by atoms with Crippen molar-refractivity contribution in [2.75, 3.05) is 5.32 Å². The number of hydrogen-bond donors (Lipinski definition) is 3. The fourth-order valence-corrected chi connectivity index (χ4v) is 3.22. The van der Waals surface area contributed by atoms with Crippen LogP contribution in [-0.2, 0) is 0 Å². The van der Waals surface area contributed by atoms with E-state index in [2.05, 4.69) is 41.3 Å². The maximum absolute atomic E-state index is 13.6. The van der Waals surface area contributed by atoms with Gasteiger partial charge in [-0.2, -0.15) is 9.61 Å². The van der Waals surface area contributed by atoms with Crippen LogP contribution >= 0.6 is 23.2 Å². The molecule has 4 N–H and O–H groups in total. The zero-order chi connectivity index (χ0) is 21.5. The Morgan fingerprint density at radius 1 is 1.34 bits per heavy atom. The lowest BCUT2D eigenvalue weighted by Gasteiger charge is -2.30. The number of benzene rings is 1. The van der Waals surface area contributed by atoms with Gasteiger partial charge in [-0.1, -0.05) is 49.1 Å². The minimum absolute atomic E-state index is 0.0151. The van der Waals surface area contributed by atoms with Gasteiger partial charge < -0.3 is 16.3 Å². The number of nitrogens with one attached hydrogen (secondary N) is 1.